The molecule has 4 amide bonds. The molecule has 51 heavy (non-hydrogen) atoms. The van der Waals surface area contributed by atoms with Crippen molar-refractivity contribution in [3.8, 4) is 5.75 Å². The van der Waals surface area contributed by atoms with E-state index >= 15 is 0 Å². The predicted molar refractivity (Wildman–Crippen MR) is 192 cm³/mol. The Hall–Kier alpha value is -4.40. The Labute approximate surface area is 300 Å². The van der Waals surface area contributed by atoms with Crippen molar-refractivity contribution in [2.45, 2.75) is 116 Å². The van der Waals surface area contributed by atoms with Crippen molar-refractivity contribution in [2.24, 2.45) is 22.7 Å². The molecule has 0 spiro atoms. The van der Waals surface area contributed by atoms with Crippen LogP contribution in [0.5, 0.6) is 5.75 Å². The molecule has 1 aromatic rings. The molecule has 6 atom stereocenters. The lowest BCUT2D eigenvalue weighted by Gasteiger charge is -2.30. The molecule has 1 aromatic carbocycles. The summed E-state index contributed by atoms with van der Waals surface area (Å²) in [7, 11) is 0. The molecule has 0 saturated carbocycles. The van der Waals surface area contributed by atoms with Crippen LogP contribution in [0.4, 0.5) is 0 Å². The molecule has 16 heteroatoms. The highest BCUT2D eigenvalue weighted by molar-refractivity contribution is 5.96. The highest BCUT2D eigenvalue weighted by atomic mass is 16.4. The number of hydrogen-bond acceptors (Lipinski definition) is 9. The summed E-state index contributed by atoms with van der Waals surface area (Å²) < 4.78 is 0. The van der Waals surface area contributed by atoms with Crippen LogP contribution in [0.25, 0.3) is 10.4 Å². The van der Waals surface area contributed by atoms with Crippen molar-refractivity contribution in [2.75, 3.05) is 26.2 Å². The van der Waals surface area contributed by atoms with E-state index in [4.69, 9.17) is 5.73 Å². The number of nitrogens with zero attached hydrogens (tertiary/aromatic N) is 4. The average Bonchev–Trinajstić information content (AvgIpc) is 3.59. The normalized spacial score (nSPS) is 17.1. The topological polar surface area (TPSA) is 252 Å². The summed E-state index contributed by atoms with van der Waals surface area (Å²) in [6.45, 7) is 9.58. The number of carboxylic acids is 1. The van der Waals surface area contributed by atoms with Gasteiger partial charge >= 0.3 is 5.97 Å². The molecule has 1 aliphatic heterocycles. The number of azide groups is 1. The minimum atomic E-state index is -1.19. The zero-order chi connectivity index (χ0) is 37.9. The zero-order valence-corrected chi connectivity index (χ0v) is 30.3. The fourth-order valence-electron chi connectivity index (χ4n) is 5.98. The van der Waals surface area contributed by atoms with E-state index in [2.05, 4.69) is 31.3 Å². The minimum Gasteiger partial charge on any atom is -0.508 e. The van der Waals surface area contributed by atoms with Crippen molar-refractivity contribution >= 4 is 29.6 Å². The first-order valence-electron chi connectivity index (χ1n) is 18.0. The molecule has 1 fully saturated rings. The first-order chi connectivity index (χ1) is 24.3. The third-order valence-corrected chi connectivity index (χ3v) is 9.08. The largest absolute Gasteiger partial charge is 0.508 e. The third-order valence-electron chi connectivity index (χ3n) is 9.08. The van der Waals surface area contributed by atoms with E-state index in [1.165, 1.54) is 17.0 Å². The summed E-state index contributed by atoms with van der Waals surface area (Å²) >= 11 is 0. The quantitative estimate of drug-likeness (QED) is 0.0379. The number of phenolic OH excluding ortho intramolecular Hbond substituents is 1. The summed E-state index contributed by atoms with van der Waals surface area (Å²) in [5.74, 6) is -3.91. The van der Waals surface area contributed by atoms with Gasteiger partial charge in [-0.1, -0.05) is 51.4 Å². The van der Waals surface area contributed by atoms with Gasteiger partial charge in [-0.2, -0.15) is 0 Å². The number of aromatic hydroxyl groups is 1. The Morgan fingerprint density at radius 2 is 1.69 bits per heavy atom. The van der Waals surface area contributed by atoms with Gasteiger partial charge in [-0.3, -0.25) is 19.2 Å². The molecular weight excluding hydrogens is 658 g/mol. The maximum atomic E-state index is 13.9. The van der Waals surface area contributed by atoms with Crippen molar-refractivity contribution in [1.29, 1.82) is 0 Å². The van der Waals surface area contributed by atoms with Crippen LogP contribution >= 0.6 is 0 Å². The second kappa shape index (κ2) is 22.4. The number of carbonyl (C=O) groups is 5. The van der Waals surface area contributed by atoms with Crippen LogP contribution in [-0.4, -0.2) is 101 Å². The number of aliphatic carboxylic acids is 1. The zero-order valence-electron chi connectivity index (χ0n) is 30.3. The number of benzene rings is 1. The van der Waals surface area contributed by atoms with Gasteiger partial charge in [0.2, 0.25) is 23.6 Å². The number of phenols is 1. The van der Waals surface area contributed by atoms with Crippen molar-refractivity contribution in [3.63, 3.8) is 0 Å². The highest BCUT2D eigenvalue weighted by Gasteiger charge is 2.39. The molecule has 0 bridgehead atoms. The number of carbonyl (C=O) groups excluding carboxylic acids is 4. The minimum absolute atomic E-state index is 0.00189. The highest BCUT2D eigenvalue weighted by Crippen LogP contribution is 2.22. The number of nitrogens with one attached hydrogen (secondary N) is 4. The number of likely N-dealkylation sites (tertiary alicyclic amines) is 1. The summed E-state index contributed by atoms with van der Waals surface area (Å²) in [5.41, 5.74) is 15.3. The molecule has 1 aliphatic rings. The Kier molecular flexibility index (Phi) is 18.8. The van der Waals surface area contributed by atoms with E-state index in [-0.39, 0.29) is 37.0 Å². The smallest absolute Gasteiger partial charge is 0.326 e. The van der Waals surface area contributed by atoms with Crippen LogP contribution in [0.2, 0.25) is 0 Å². The van der Waals surface area contributed by atoms with Crippen LogP contribution in [0, 0.1) is 11.8 Å². The molecule has 1 saturated heterocycles. The summed E-state index contributed by atoms with van der Waals surface area (Å²) in [6, 6.07) is 0.760. The number of amides is 4. The van der Waals surface area contributed by atoms with Gasteiger partial charge in [-0.05, 0) is 99.6 Å². The summed E-state index contributed by atoms with van der Waals surface area (Å²) in [6.07, 6.45) is 4.26. The fourth-order valence-corrected chi connectivity index (χ4v) is 5.98. The van der Waals surface area contributed by atoms with E-state index in [1.54, 1.807) is 19.1 Å². The Morgan fingerprint density at radius 3 is 2.29 bits per heavy atom. The lowest BCUT2D eigenvalue weighted by Crippen LogP contribution is -2.59. The molecule has 284 valence electrons. The molecule has 1 heterocycles. The molecule has 8 N–H and O–H groups in total. The lowest BCUT2D eigenvalue weighted by molar-refractivity contribution is -0.143. The van der Waals surface area contributed by atoms with Gasteiger partial charge in [-0.25, -0.2) is 4.79 Å². The fraction of sp³-hybridized carbons (Fsp3) is 0.686. The summed E-state index contributed by atoms with van der Waals surface area (Å²) in [5, 5.41) is 34.6. The second-order valence-electron chi connectivity index (χ2n) is 13.6. The van der Waals surface area contributed by atoms with Crippen molar-refractivity contribution in [1.82, 2.24) is 26.2 Å². The number of rotatable bonds is 23. The standard InChI is InChI=1S/C35H57N9O7/c1-5-23(4)30(33(48)40-28(35(50)51)20-22(2)3)41-31(46)27(21-24-12-14-25(45)15-13-24)39-32(47)29-11-9-19-44(29)34(49)26(42-43-37)10-8-18-38-17-7-6-16-36/h12-15,22-23,26-30,38,45H,5-11,16-21,36H2,1-4H3,(H,39,47)(H,40,48)(H,41,46)(H,50,51)/t23-,26?,27-,28-,29-,30-/m0/s1. The lowest BCUT2D eigenvalue weighted by atomic mass is 9.96. The van der Waals surface area contributed by atoms with Gasteiger partial charge in [0.15, 0.2) is 0 Å². The first-order valence-corrected chi connectivity index (χ1v) is 18.0. The average molecular weight is 716 g/mol. The van der Waals surface area contributed by atoms with Gasteiger partial charge in [-0.15, -0.1) is 0 Å². The van der Waals surface area contributed by atoms with Crippen LogP contribution in [-0.2, 0) is 30.4 Å². The number of nitrogens with two attached hydrogens (primary N) is 1. The Balaban J connectivity index is 2.26. The van der Waals surface area contributed by atoms with Crippen LogP contribution < -0.4 is 27.0 Å². The maximum absolute atomic E-state index is 13.9. The molecule has 16 nitrogen and oxygen atoms in total. The van der Waals surface area contributed by atoms with E-state index in [0.717, 1.165) is 19.4 Å². The SMILES string of the molecule is CC[C@H](C)[C@H](NC(=O)[C@H](Cc1ccc(O)cc1)NC(=O)[C@@H]1CCCN1C(=O)C(CCCNCCCCN)N=[N+]=[N-])C(=O)N[C@@H](CC(C)C)C(=O)O. The third kappa shape index (κ3) is 14.4. The van der Waals surface area contributed by atoms with Gasteiger partial charge in [0.05, 0.1) is 0 Å². The molecular formula is C35H57N9O7. The monoisotopic (exact) mass is 715 g/mol. The number of unbranched alkanes of at least 4 members (excludes halogenated alkanes) is 1. The van der Waals surface area contributed by atoms with Gasteiger partial charge < -0.3 is 42.1 Å². The van der Waals surface area contributed by atoms with Crippen LogP contribution in [0.1, 0.15) is 84.6 Å². The Bertz CT molecular complexity index is 1340. The predicted octanol–water partition coefficient (Wildman–Crippen LogP) is 2.34. The van der Waals surface area contributed by atoms with Gasteiger partial charge in [0.1, 0.15) is 36.0 Å². The Morgan fingerprint density at radius 1 is 1.00 bits per heavy atom. The van der Waals surface area contributed by atoms with E-state index in [9.17, 15) is 39.7 Å². The van der Waals surface area contributed by atoms with E-state index in [0.29, 0.717) is 50.8 Å². The number of carboxylic acid groups (broad SMARTS) is 1. The van der Waals surface area contributed by atoms with E-state index < -0.39 is 59.8 Å². The summed E-state index contributed by atoms with van der Waals surface area (Å²) in [4.78, 5) is 70.9. The van der Waals surface area contributed by atoms with E-state index in [1.807, 2.05) is 20.8 Å². The van der Waals surface area contributed by atoms with Crippen molar-refractivity contribution in [3.05, 3.63) is 40.3 Å². The molecule has 1 unspecified atom stereocenters. The molecule has 0 aromatic heterocycles. The van der Waals surface area contributed by atoms with Gasteiger partial charge in [0.25, 0.3) is 0 Å². The number of hydrogen-bond donors (Lipinski definition) is 7. The van der Waals surface area contributed by atoms with Gasteiger partial charge in [0, 0.05) is 17.9 Å². The molecule has 0 radical (unpaired) electrons. The second-order valence-corrected chi connectivity index (χ2v) is 13.6. The molecule has 2 rings (SSSR count). The van der Waals surface area contributed by atoms with Crippen molar-refractivity contribution < 1.29 is 34.2 Å². The molecule has 0 aliphatic carbocycles. The van der Waals surface area contributed by atoms with Crippen LogP contribution in [0.3, 0.4) is 0 Å². The van der Waals surface area contributed by atoms with Crippen LogP contribution in [0.15, 0.2) is 29.4 Å². The first kappa shape index (κ1) is 42.8. The maximum Gasteiger partial charge on any atom is 0.326 e.